The van der Waals surface area contributed by atoms with Crippen LogP contribution in [0, 0.1) is 5.92 Å². The molecule has 0 aromatic heterocycles. The first-order valence-electron chi connectivity index (χ1n) is 5.37. The first kappa shape index (κ1) is 11.4. The normalized spacial score (nSPS) is 18.4. The number of methoxy groups -OCH3 is 1. The van der Waals surface area contributed by atoms with Gasteiger partial charge in [0.05, 0.1) is 19.2 Å². The molecule has 2 rings (SSSR count). The summed E-state index contributed by atoms with van der Waals surface area (Å²) in [4.78, 5) is 10.7. The van der Waals surface area contributed by atoms with E-state index in [0.717, 1.165) is 17.0 Å². The van der Waals surface area contributed by atoms with Gasteiger partial charge in [0, 0.05) is 12.5 Å². The number of nitrogens with zero attached hydrogens (tertiary/aromatic N) is 1. The van der Waals surface area contributed by atoms with E-state index in [-0.39, 0.29) is 12.3 Å². The second-order valence-electron chi connectivity index (χ2n) is 3.88. The smallest absolute Gasteiger partial charge is 0.304 e. The van der Waals surface area contributed by atoms with Crippen LogP contribution in [-0.2, 0) is 4.79 Å². The van der Waals surface area contributed by atoms with Gasteiger partial charge in [-0.25, -0.2) is 0 Å². The van der Waals surface area contributed by atoms with Gasteiger partial charge in [0.25, 0.3) is 0 Å². The summed E-state index contributed by atoms with van der Waals surface area (Å²) < 4.78 is 5.07. The van der Waals surface area contributed by atoms with Crippen molar-refractivity contribution in [2.45, 2.75) is 6.42 Å². The lowest BCUT2D eigenvalue weighted by Gasteiger charge is -2.09. The average Bonchev–Trinajstić information content (AvgIpc) is 2.76. The summed E-state index contributed by atoms with van der Waals surface area (Å²) in [5.74, 6) is -0.101. The number of aliphatic carboxylic acids is 1. The second-order valence-corrected chi connectivity index (χ2v) is 3.88. The van der Waals surface area contributed by atoms with Gasteiger partial charge in [0.2, 0.25) is 0 Å². The van der Waals surface area contributed by atoms with Crippen molar-refractivity contribution in [1.82, 2.24) is 5.43 Å². The number of hydrazone groups is 1. The van der Waals surface area contributed by atoms with Crippen LogP contribution >= 0.6 is 0 Å². The van der Waals surface area contributed by atoms with Crippen molar-refractivity contribution in [1.29, 1.82) is 0 Å². The molecule has 1 atom stereocenters. The zero-order chi connectivity index (χ0) is 12.3. The van der Waals surface area contributed by atoms with Gasteiger partial charge < -0.3 is 15.3 Å². The third-order valence-electron chi connectivity index (χ3n) is 2.73. The Morgan fingerprint density at radius 1 is 1.53 bits per heavy atom. The number of rotatable bonds is 4. The van der Waals surface area contributed by atoms with Crippen molar-refractivity contribution in [2.75, 3.05) is 13.7 Å². The van der Waals surface area contributed by atoms with E-state index in [0.29, 0.717) is 6.54 Å². The van der Waals surface area contributed by atoms with Crippen LogP contribution in [0.4, 0.5) is 0 Å². The van der Waals surface area contributed by atoms with Crippen molar-refractivity contribution in [3.63, 3.8) is 0 Å². The molecule has 0 spiro atoms. The lowest BCUT2D eigenvalue weighted by molar-refractivity contribution is -0.137. The van der Waals surface area contributed by atoms with Crippen LogP contribution < -0.4 is 10.2 Å². The summed E-state index contributed by atoms with van der Waals surface area (Å²) in [5, 5.41) is 13.0. The Morgan fingerprint density at radius 2 is 2.24 bits per heavy atom. The number of ether oxygens (including phenoxy) is 1. The van der Waals surface area contributed by atoms with E-state index in [1.165, 1.54) is 0 Å². The van der Waals surface area contributed by atoms with Gasteiger partial charge in [-0.05, 0) is 29.8 Å². The van der Waals surface area contributed by atoms with Gasteiger partial charge in [-0.15, -0.1) is 0 Å². The highest BCUT2D eigenvalue weighted by Gasteiger charge is 2.25. The van der Waals surface area contributed by atoms with Crippen LogP contribution in [0.2, 0.25) is 0 Å². The van der Waals surface area contributed by atoms with E-state index in [1.807, 2.05) is 24.3 Å². The van der Waals surface area contributed by atoms with Crippen LogP contribution in [0.3, 0.4) is 0 Å². The number of carboxylic acids is 1. The zero-order valence-corrected chi connectivity index (χ0v) is 9.51. The Kier molecular flexibility index (Phi) is 3.27. The van der Waals surface area contributed by atoms with Crippen LogP contribution in [0.1, 0.15) is 12.0 Å². The minimum absolute atomic E-state index is 0.0686. The van der Waals surface area contributed by atoms with E-state index >= 15 is 0 Å². The van der Waals surface area contributed by atoms with Crippen LogP contribution in [0.5, 0.6) is 5.75 Å². The van der Waals surface area contributed by atoms with E-state index < -0.39 is 5.97 Å². The quantitative estimate of drug-likeness (QED) is 0.818. The van der Waals surface area contributed by atoms with Crippen molar-refractivity contribution >= 4 is 11.7 Å². The summed E-state index contributed by atoms with van der Waals surface area (Å²) in [5.41, 5.74) is 4.58. The molecule has 1 aliphatic rings. The molecule has 5 nitrogen and oxygen atoms in total. The van der Waals surface area contributed by atoms with Crippen LogP contribution in [0.25, 0.3) is 0 Å². The fourth-order valence-electron chi connectivity index (χ4n) is 1.87. The average molecular weight is 234 g/mol. The molecule has 0 aliphatic carbocycles. The molecule has 0 saturated carbocycles. The van der Waals surface area contributed by atoms with Gasteiger partial charge in [-0.2, -0.15) is 5.10 Å². The SMILES string of the molecule is COc1ccc(C2=NNCC2CC(=O)O)cc1. The monoisotopic (exact) mass is 234 g/mol. The molecule has 5 heteroatoms. The maximum absolute atomic E-state index is 10.7. The topological polar surface area (TPSA) is 70.9 Å². The molecule has 0 fully saturated rings. The minimum atomic E-state index is -0.806. The predicted octanol–water partition coefficient (Wildman–Crippen LogP) is 1.09. The van der Waals surface area contributed by atoms with Gasteiger partial charge >= 0.3 is 5.97 Å². The lowest BCUT2D eigenvalue weighted by atomic mass is 9.95. The Hall–Kier alpha value is -2.04. The Balaban J connectivity index is 2.17. The highest BCUT2D eigenvalue weighted by atomic mass is 16.5. The fraction of sp³-hybridized carbons (Fsp3) is 0.333. The Labute approximate surface area is 99.1 Å². The maximum Gasteiger partial charge on any atom is 0.304 e. The second kappa shape index (κ2) is 4.86. The van der Waals surface area contributed by atoms with Gasteiger partial charge in [-0.3, -0.25) is 4.79 Å². The minimum Gasteiger partial charge on any atom is -0.497 e. The molecule has 0 bridgehead atoms. The molecule has 90 valence electrons. The number of nitrogens with one attached hydrogen (secondary N) is 1. The van der Waals surface area contributed by atoms with Crippen molar-refractivity contribution in [3.05, 3.63) is 29.8 Å². The molecule has 1 heterocycles. The molecule has 1 aromatic rings. The molecule has 0 amide bonds. The van der Waals surface area contributed by atoms with Crippen molar-refractivity contribution in [3.8, 4) is 5.75 Å². The van der Waals surface area contributed by atoms with Crippen LogP contribution in [-0.4, -0.2) is 30.4 Å². The lowest BCUT2D eigenvalue weighted by Crippen LogP contribution is -2.20. The molecule has 17 heavy (non-hydrogen) atoms. The summed E-state index contributed by atoms with van der Waals surface area (Å²) in [6.07, 6.45) is 0.0951. The molecule has 2 N–H and O–H groups in total. The standard InChI is InChI=1S/C12H14N2O3/c1-17-10-4-2-8(3-5-10)12-9(6-11(15)16)7-13-14-12/h2-5,9,13H,6-7H2,1H3,(H,15,16). The summed E-state index contributed by atoms with van der Waals surface area (Å²) in [7, 11) is 1.61. The summed E-state index contributed by atoms with van der Waals surface area (Å²) in [6, 6.07) is 7.46. The van der Waals surface area contributed by atoms with E-state index in [2.05, 4.69) is 10.5 Å². The number of carbonyl (C=O) groups is 1. The summed E-state index contributed by atoms with van der Waals surface area (Å²) in [6.45, 7) is 0.577. The van der Waals surface area contributed by atoms with Gasteiger partial charge in [0.1, 0.15) is 5.75 Å². The van der Waals surface area contributed by atoms with E-state index in [1.54, 1.807) is 7.11 Å². The fourth-order valence-corrected chi connectivity index (χ4v) is 1.87. The number of hydrogen-bond donors (Lipinski definition) is 2. The van der Waals surface area contributed by atoms with Crippen molar-refractivity contribution in [2.24, 2.45) is 11.0 Å². The highest BCUT2D eigenvalue weighted by Crippen LogP contribution is 2.19. The van der Waals surface area contributed by atoms with Gasteiger partial charge in [-0.1, -0.05) is 0 Å². The molecule has 1 unspecified atom stereocenters. The molecular formula is C12H14N2O3. The third kappa shape index (κ3) is 2.55. The molecule has 0 saturated heterocycles. The number of carboxylic acid groups (broad SMARTS) is 1. The first-order valence-corrected chi connectivity index (χ1v) is 5.37. The van der Waals surface area contributed by atoms with E-state index in [9.17, 15) is 4.79 Å². The Bertz CT molecular complexity index is 440. The van der Waals surface area contributed by atoms with Gasteiger partial charge in [0.15, 0.2) is 0 Å². The molecular weight excluding hydrogens is 220 g/mol. The predicted molar refractivity (Wildman–Crippen MR) is 63.3 cm³/mol. The van der Waals surface area contributed by atoms with E-state index in [4.69, 9.17) is 9.84 Å². The third-order valence-corrected chi connectivity index (χ3v) is 2.73. The Morgan fingerprint density at radius 3 is 2.82 bits per heavy atom. The molecule has 1 aliphatic heterocycles. The largest absolute Gasteiger partial charge is 0.497 e. The molecule has 0 radical (unpaired) electrons. The molecule has 1 aromatic carbocycles. The van der Waals surface area contributed by atoms with Crippen molar-refractivity contribution < 1.29 is 14.6 Å². The first-order chi connectivity index (χ1) is 8.20. The number of hydrogen-bond acceptors (Lipinski definition) is 4. The highest BCUT2D eigenvalue weighted by molar-refractivity contribution is 6.04. The number of benzene rings is 1. The maximum atomic E-state index is 10.7. The zero-order valence-electron chi connectivity index (χ0n) is 9.51. The van der Waals surface area contributed by atoms with Crippen LogP contribution in [0.15, 0.2) is 29.4 Å². The summed E-state index contributed by atoms with van der Waals surface area (Å²) >= 11 is 0.